The van der Waals surface area contributed by atoms with Crippen LogP contribution in [0.25, 0.3) is 22.1 Å². The monoisotopic (exact) mass is 422 g/mol. The number of hydrogen-bond acceptors (Lipinski definition) is 5. The van der Waals surface area contributed by atoms with E-state index >= 15 is 0 Å². The highest BCUT2D eigenvalue weighted by atomic mass is 16.3. The first-order chi connectivity index (χ1) is 15.7. The van der Waals surface area contributed by atoms with Crippen molar-refractivity contribution in [1.29, 1.82) is 0 Å². The first-order valence-electron chi connectivity index (χ1n) is 10.0. The molecule has 5 aromatic rings. The smallest absolute Gasteiger partial charge is 0.278 e. The number of benzene rings is 3. The number of hydrogen-bond donors (Lipinski definition) is 2. The summed E-state index contributed by atoms with van der Waals surface area (Å²) in [7, 11) is 0. The van der Waals surface area contributed by atoms with Crippen molar-refractivity contribution in [1.82, 2.24) is 15.2 Å². The van der Waals surface area contributed by atoms with Gasteiger partial charge < -0.3 is 9.73 Å². The second kappa shape index (κ2) is 8.31. The van der Waals surface area contributed by atoms with Crippen molar-refractivity contribution in [3.8, 4) is 11.3 Å². The van der Waals surface area contributed by atoms with Crippen LogP contribution in [0.2, 0.25) is 0 Å². The lowest BCUT2D eigenvalue weighted by Crippen LogP contribution is -2.14. The van der Waals surface area contributed by atoms with Crippen LogP contribution in [0.3, 0.4) is 0 Å². The Kier molecular flexibility index (Phi) is 5.05. The summed E-state index contributed by atoms with van der Waals surface area (Å²) >= 11 is 0. The Morgan fingerprint density at radius 1 is 0.938 bits per heavy atom. The van der Waals surface area contributed by atoms with Crippen molar-refractivity contribution in [2.24, 2.45) is 0 Å². The molecule has 5 rings (SSSR count). The molecule has 0 aliphatic rings. The zero-order valence-corrected chi connectivity index (χ0v) is 16.9. The number of anilines is 1. The van der Waals surface area contributed by atoms with Crippen molar-refractivity contribution in [3.05, 3.63) is 113 Å². The van der Waals surface area contributed by atoms with Gasteiger partial charge in [0.1, 0.15) is 0 Å². The number of carbonyl (C=O) groups is 1. The second-order valence-electron chi connectivity index (χ2n) is 7.27. The Morgan fingerprint density at radius 3 is 2.56 bits per heavy atom. The van der Waals surface area contributed by atoms with Crippen molar-refractivity contribution >= 4 is 22.4 Å². The lowest BCUT2D eigenvalue weighted by molar-refractivity contribution is 0.102. The predicted octanol–water partition coefficient (Wildman–Crippen LogP) is 4.42. The summed E-state index contributed by atoms with van der Waals surface area (Å²) in [6.45, 7) is 0. The van der Waals surface area contributed by atoms with Gasteiger partial charge in [-0.25, -0.2) is 10.1 Å². The van der Waals surface area contributed by atoms with Gasteiger partial charge in [-0.2, -0.15) is 5.10 Å². The molecule has 2 N–H and O–H groups in total. The molecule has 0 fully saturated rings. The topological polar surface area (TPSA) is 101 Å². The molecule has 0 radical (unpaired) electrons. The Morgan fingerprint density at radius 2 is 1.72 bits per heavy atom. The Bertz CT molecular complexity index is 1470. The fourth-order valence-corrected chi connectivity index (χ4v) is 3.65. The molecule has 0 bridgehead atoms. The standard InChI is InChI=1S/C25H18N4O3/c30-24-20-12-5-4-11-19(20)21(28-29-24)14-16-7-6-10-18(13-16)27-25(31)22-23(32-15-26-22)17-8-2-1-3-9-17/h1-13,15H,14H2,(H,27,31)(H,29,30). The van der Waals surface area contributed by atoms with Crippen LogP contribution in [0.4, 0.5) is 5.69 Å². The van der Waals surface area contributed by atoms with E-state index in [9.17, 15) is 9.59 Å². The van der Waals surface area contributed by atoms with Crippen molar-refractivity contribution < 1.29 is 9.21 Å². The molecule has 32 heavy (non-hydrogen) atoms. The highest BCUT2D eigenvalue weighted by Gasteiger charge is 2.18. The van der Waals surface area contributed by atoms with Crippen LogP contribution >= 0.6 is 0 Å². The quantitative estimate of drug-likeness (QED) is 0.437. The zero-order chi connectivity index (χ0) is 21.9. The molecule has 0 saturated heterocycles. The highest BCUT2D eigenvalue weighted by Crippen LogP contribution is 2.24. The molecule has 1 amide bonds. The number of nitrogens with one attached hydrogen (secondary N) is 2. The van der Waals surface area contributed by atoms with Gasteiger partial charge in [0, 0.05) is 23.1 Å². The van der Waals surface area contributed by atoms with Gasteiger partial charge in [0.15, 0.2) is 17.8 Å². The average molecular weight is 422 g/mol. The van der Waals surface area contributed by atoms with Crippen LogP contribution in [-0.4, -0.2) is 21.1 Å². The molecule has 0 unspecified atom stereocenters. The molecule has 0 spiro atoms. The zero-order valence-electron chi connectivity index (χ0n) is 16.9. The van der Waals surface area contributed by atoms with Gasteiger partial charge in [-0.3, -0.25) is 9.59 Å². The molecule has 0 saturated carbocycles. The van der Waals surface area contributed by atoms with Gasteiger partial charge in [0.25, 0.3) is 11.5 Å². The van der Waals surface area contributed by atoms with E-state index in [1.807, 2.05) is 72.8 Å². The summed E-state index contributed by atoms with van der Waals surface area (Å²) in [4.78, 5) is 29.0. The fraction of sp³-hybridized carbons (Fsp3) is 0.0400. The lowest BCUT2D eigenvalue weighted by atomic mass is 10.0. The summed E-state index contributed by atoms with van der Waals surface area (Å²) in [5.74, 6) is 0.0607. The third-order valence-corrected chi connectivity index (χ3v) is 5.15. The fourth-order valence-electron chi connectivity index (χ4n) is 3.65. The third kappa shape index (κ3) is 3.79. The maximum absolute atomic E-state index is 12.9. The largest absolute Gasteiger partial charge is 0.443 e. The number of carbonyl (C=O) groups excluding carboxylic acids is 1. The van der Waals surface area contributed by atoms with Crippen LogP contribution in [0, 0.1) is 0 Å². The Balaban J connectivity index is 1.39. The molecule has 7 heteroatoms. The van der Waals surface area contributed by atoms with E-state index in [0.29, 0.717) is 23.3 Å². The van der Waals surface area contributed by atoms with E-state index in [4.69, 9.17) is 4.42 Å². The molecule has 2 heterocycles. The maximum Gasteiger partial charge on any atom is 0.278 e. The summed E-state index contributed by atoms with van der Waals surface area (Å²) in [6, 6.07) is 24.2. The molecule has 0 aliphatic heterocycles. The molecule has 2 aromatic heterocycles. The summed E-state index contributed by atoms with van der Waals surface area (Å²) in [5.41, 5.74) is 3.10. The minimum atomic E-state index is -0.359. The highest BCUT2D eigenvalue weighted by molar-refractivity contribution is 6.06. The van der Waals surface area contributed by atoms with Crippen LogP contribution in [0.5, 0.6) is 0 Å². The van der Waals surface area contributed by atoms with Gasteiger partial charge in [0.2, 0.25) is 0 Å². The Hall–Kier alpha value is -4.52. The van der Waals surface area contributed by atoms with Crippen LogP contribution < -0.4 is 10.9 Å². The minimum absolute atomic E-state index is 0.216. The van der Waals surface area contributed by atoms with Gasteiger partial charge in [-0.1, -0.05) is 60.7 Å². The maximum atomic E-state index is 12.9. The average Bonchev–Trinajstić information content (AvgIpc) is 3.32. The van der Waals surface area contributed by atoms with Crippen molar-refractivity contribution in [3.63, 3.8) is 0 Å². The van der Waals surface area contributed by atoms with E-state index in [1.165, 1.54) is 6.39 Å². The predicted molar refractivity (Wildman–Crippen MR) is 122 cm³/mol. The van der Waals surface area contributed by atoms with E-state index in [-0.39, 0.29) is 17.2 Å². The number of amides is 1. The molecular weight excluding hydrogens is 404 g/mol. The van der Waals surface area contributed by atoms with Gasteiger partial charge in [-0.05, 0) is 23.8 Å². The van der Waals surface area contributed by atoms with Crippen LogP contribution in [-0.2, 0) is 6.42 Å². The summed E-state index contributed by atoms with van der Waals surface area (Å²) in [5, 5.41) is 11.1. The number of H-pyrrole nitrogens is 1. The third-order valence-electron chi connectivity index (χ3n) is 5.15. The first kappa shape index (κ1) is 19.4. The van der Waals surface area contributed by atoms with Crippen molar-refractivity contribution in [2.75, 3.05) is 5.32 Å². The summed E-state index contributed by atoms with van der Waals surface area (Å²) in [6.07, 6.45) is 1.76. The second-order valence-corrected chi connectivity index (χ2v) is 7.27. The number of fused-ring (bicyclic) bond motifs is 1. The van der Waals surface area contributed by atoms with Crippen LogP contribution in [0.1, 0.15) is 21.7 Å². The van der Waals surface area contributed by atoms with E-state index in [0.717, 1.165) is 22.2 Å². The van der Waals surface area contributed by atoms with Gasteiger partial charge in [0.05, 0.1) is 11.1 Å². The van der Waals surface area contributed by atoms with Gasteiger partial charge >= 0.3 is 0 Å². The molecule has 3 aromatic carbocycles. The van der Waals surface area contributed by atoms with Crippen LogP contribution in [0.15, 0.2) is 94.5 Å². The molecule has 0 aliphatic carbocycles. The molecule has 7 nitrogen and oxygen atoms in total. The number of oxazole rings is 1. The first-order valence-corrected chi connectivity index (χ1v) is 10.0. The molecule has 0 atom stereocenters. The minimum Gasteiger partial charge on any atom is -0.443 e. The molecule has 156 valence electrons. The number of nitrogens with zero attached hydrogens (tertiary/aromatic N) is 2. The van der Waals surface area contributed by atoms with E-state index in [1.54, 1.807) is 6.07 Å². The van der Waals surface area contributed by atoms with E-state index in [2.05, 4.69) is 20.5 Å². The molecular formula is C25H18N4O3. The lowest BCUT2D eigenvalue weighted by Gasteiger charge is -2.08. The Labute approximate surface area is 182 Å². The van der Waals surface area contributed by atoms with Crippen molar-refractivity contribution in [2.45, 2.75) is 6.42 Å². The number of aromatic nitrogens is 3. The van der Waals surface area contributed by atoms with E-state index < -0.39 is 0 Å². The SMILES string of the molecule is O=C(Nc1cccc(Cc2n[nH]c(=O)c3ccccc23)c1)c1ncoc1-c1ccccc1. The number of rotatable bonds is 5. The van der Waals surface area contributed by atoms with Gasteiger partial charge in [-0.15, -0.1) is 0 Å². The number of aromatic amines is 1. The normalized spacial score (nSPS) is 10.9. The summed E-state index contributed by atoms with van der Waals surface area (Å²) < 4.78 is 5.45.